The highest BCUT2D eigenvalue weighted by Gasteiger charge is 2.51. The lowest BCUT2D eigenvalue weighted by molar-refractivity contribution is -0.307. The van der Waals surface area contributed by atoms with Crippen molar-refractivity contribution in [3.05, 3.63) is 85.1 Å². The first-order valence-corrected chi connectivity index (χ1v) is 40.1. The molecule has 0 aromatic rings. The van der Waals surface area contributed by atoms with Gasteiger partial charge in [-0.1, -0.05) is 98.9 Å². The van der Waals surface area contributed by atoms with Crippen LogP contribution in [0, 0.1) is 17.8 Å². The Morgan fingerprint density at radius 3 is 1.36 bits per heavy atom. The molecule has 6 amide bonds. The van der Waals surface area contributed by atoms with Crippen molar-refractivity contribution in [3.8, 4) is 0 Å². The zero-order valence-corrected chi connectivity index (χ0v) is 68.3. The molecule has 0 radical (unpaired) electrons. The van der Waals surface area contributed by atoms with Crippen LogP contribution in [0.4, 0.5) is 0 Å². The number of carbonyl (C=O) groups is 7. The summed E-state index contributed by atoms with van der Waals surface area (Å²) in [4.78, 5) is 87.9. The molecule has 0 aromatic heterocycles. The molecule has 118 heavy (non-hydrogen) atoms. The Morgan fingerprint density at radius 1 is 0.458 bits per heavy atom. The Kier molecular flexibility index (Phi) is 57.6. The Labute approximate surface area is 689 Å². The lowest BCUT2D eigenvalue weighted by atomic mass is 9.82. The Morgan fingerprint density at radius 2 is 0.898 bits per heavy atom. The molecule has 2 saturated heterocycles. The van der Waals surface area contributed by atoms with Crippen molar-refractivity contribution in [1.29, 1.82) is 0 Å². The molecular weight excluding hydrogens is 1560 g/mol. The van der Waals surface area contributed by atoms with Crippen molar-refractivity contribution in [3.63, 3.8) is 0 Å². The van der Waals surface area contributed by atoms with E-state index >= 15 is 0 Å². The molecule has 3 heterocycles. The van der Waals surface area contributed by atoms with Gasteiger partial charge < -0.3 is 160 Å². The number of rotatable bonds is 45. The maximum atomic E-state index is 13.8. The molecule has 0 unspecified atom stereocenters. The molecule has 0 aromatic carbocycles. The number of esters is 1. The van der Waals surface area contributed by atoms with E-state index in [1.807, 2.05) is 6.92 Å². The lowest BCUT2D eigenvalue weighted by Crippen LogP contribution is -2.64. The number of amides is 6. The number of allylic oxidation sites excluding steroid dienone is 12. The first-order chi connectivity index (χ1) is 56.7. The first kappa shape index (κ1) is 106. The zero-order valence-electron chi connectivity index (χ0n) is 68.3. The average Bonchev–Trinajstić information content (AvgIpc) is 0.845. The molecule has 3 rings (SSSR count). The predicted molar refractivity (Wildman–Crippen MR) is 423 cm³/mol. The number of aliphatic hydroxyl groups excluding tert-OH is 10. The molecule has 2 fully saturated rings. The van der Waals surface area contributed by atoms with E-state index in [4.69, 9.17) is 72.0 Å². The van der Waals surface area contributed by atoms with Crippen LogP contribution in [0.15, 0.2) is 85.1 Å². The summed E-state index contributed by atoms with van der Waals surface area (Å²) in [6, 6.07) is -1.41. The van der Waals surface area contributed by atoms with Crippen molar-refractivity contribution >= 4 is 41.4 Å². The molecule has 0 spiro atoms. The molecule has 39 nitrogen and oxygen atoms in total. The minimum Gasteiger partial charge on any atom is -0.462 e. The first-order valence-electron chi connectivity index (χ1n) is 40.1. The van der Waals surface area contributed by atoms with Crippen LogP contribution in [0.2, 0.25) is 0 Å². The van der Waals surface area contributed by atoms with Gasteiger partial charge in [-0.15, -0.1) is 0 Å². The van der Waals surface area contributed by atoms with Gasteiger partial charge in [0.25, 0.3) is 0 Å². The topological polar surface area (TPSA) is 569 Å². The predicted octanol–water partition coefficient (Wildman–Crippen LogP) is -4.52. The van der Waals surface area contributed by atoms with Gasteiger partial charge in [-0.3, -0.25) is 33.6 Å². The monoisotopic (exact) mass is 1690 g/mol. The molecule has 19 atom stereocenters. The summed E-state index contributed by atoms with van der Waals surface area (Å²) in [6.45, 7) is 8.65. The van der Waals surface area contributed by atoms with Crippen LogP contribution in [0.1, 0.15) is 79.1 Å². The molecule has 39 heteroatoms. The largest absolute Gasteiger partial charge is 0.462 e. The number of hydrogen-bond acceptors (Lipinski definition) is 33. The fraction of sp³-hybridized carbons (Fsp3) is 0.734. The van der Waals surface area contributed by atoms with Gasteiger partial charge >= 0.3 is 5.97 Å². The van der Waals surface area contributed by atoms with Gasteiger partial charge in [0.05, 0.1) is 185 Å². The summed E-state index contributed by atoms with van der Waals surface area (Å²) in [6.07, 6.45) is 1.21. The molecule has 3 aliphatic heterocycles. The Bertz CT molecular complexity index is 2990. The highest BCUT2D eigenvalue weighted by atomic mass is 16.7. The minimum absolute atomic E-state index is 0.00956. The van der Waals surface area contributed by atoms with Crippen LogP contribution in [-0.4, -0.2) is 373 Å². The molecule has 676 valence electrons. The number of nitrogens with two attached hydrogens (primary N) is 1. The number of cyclic esters (lactones) is 1. The third-order valence-corrected chi connectivity index (χ3v) is 18.3. The van der Waals surface area contributed by atoms with Crippen LogP contribution in [0.25, 0.3) is 0 Å². The normalized spacial score (nSPS) is 30.1. The number of aliphatic hydroxyl groups is 11. The van der Waals surface area contributed by atoms with Gasteiger partial charge in [0.1, 0.15) is 51.3 Å². The third-order valence-electron chi connectivity index (χ3n) is 18.3. The van der Waals surface area contributed by atoms with Gasteiger partial charge in [-0.2, -0.15) is 0 Å². The van der Waals surface area contributed by atoms with Crippen molar-refractivity contribution in [2.45, 2.75) is 177 Å². The van der Waals surface area contributed by atoms with E-state index in [2.05, 4.69) is 31.9 Å². The van der Waals surface area contributed by atoms with Crippen LogP contribution in [-0.2, 0) is 99.9 Å². The fourth-order valence-electron chi connectivity index (χ4n) is 11.9. The third kappa shape index (κ3) is 48.8. The van der Waals surface area contributed by atoms with E-state index < -0.39 is 178 Å². The van der Waals surface area contributed by atoms with Gasteiger partial charge in [0.15, 0.2) is 12.1 Å². The number of hydrogen-bond donors (Lipinski definition) is 18. The maximum absolute atomic E-state index is 13.8. The molecule has 2 bridgehead atoms. The molecule has 19 N–H and O–H groups in total. The van der Waals surface area contributed by atoms with E-state index in [1.165, 1.54) is 13.0 Å². The summed E-state index contributed by atoms with van der Waals surface area (Å²) < 4.78 is 77.5. The summed E-state index contributed by atoms with van der Waals surface area (Å²) in [5.74, 6) is -8.40. The fourth-order valence-corrected chi connectivity index (χ4v) is 11.9. The average molecular weight is 1690 g/mol. The number of carbonyl (C=O) groups excluding carboxylic acids is 7. The lowest BCUT2D eigenvalue weighted by Gasteiger charge is -2.46. The quantitative estimate of drug-likeness (QED) is 0.0202. The van der Waals surface area contributed by atoms with Crippen molar-refractivity contribution in [2.24, 2.45) is 23.5 Å². The Balaban J connectivity index is 1.45. The van der Waals surface area contributed by atoms with Crippen LogP contribution in [0.5, 0.6) is 0 Å². The van der Waals surface area contributed by atoms with E-state index in [0.29, 0.717) is 26.3 Å². The summed E-state index contributed by atoms with van der Waals surface area (Å²) in [5, 5.41) is 138. The van der Waals surface area contributed by atoms with Crippen LogP contribution < -0.4 is 37.6 Å². The summed E-state index contributed by atoms with van der Waals surface area (Å²) in [5.41, 5.74) is 5.32. The van der Waals surface area contributed by atoms with Gasteiger partial charge in [-0.05, 0) is 33.1 Å². The second kappa shape index (κ2) is 64.3. The standard InChI is InChI=1S/C79H133N7O32/c1-54-17-15-13-11-9-7-5-6-8-10-12-14-16-18-61(46-65-72(77(103)85-22-27-87)64(93)48-79(104,118-65)47-60(90)44-63(92)62(91)20-19-58(88)43-59(89)45-71(99)115-56(3)55(2)74(54)100)117-78-76(102)73(75(101)57(4)116-78)86-70(98)53-114-42-37-109-32-26-84-69(97)52-113-41-36-108-31-25-83-68(96)51-112-40-35-107-30-24-82-67(95)50-111-39-34-106-29-23-81-66(94)49-110-38-33-105-28-21-80/h5-18,54-65,72-76,78,87-93,100-102,104H,19-53,80H2,1-4H3,(H,81,94)(H,82,95)(H,83,96)(H,84,97)(H,85,103)(H,86,98)/b6-5+,9-7+,10-8+,13-11+,14-12+,17-15+,18-16+/t54-,55+,56+,57+,58+,59+,60-,61-,62+,63+,64-,65-,72+,73-,74+,75+,76-,78-,79+/m0/s1. The van der Waals surface area contributed by atoms with E-state index in [-0.39, 0.29) is 181 Å². The van der Waals surface area contributed by atoms with Crippen molar-refractivity contribution in [2.75, 3.05) is 178 Å². The zero-order chi connectivity index (χ0) is 86.7. The van der Waals surface area contributed by atoms with E-state index in [0.717, 1.165) is 0 Å². The number of nitrogens with one attached hydrogen (secondary N) is 6. The van der Waals surface area contributed by atoms with Gasteiger partial charge in [0, 0.05) is 76.8 Å². The number of ether oxygens (including phenoxy) is 14. The highest BCUT2D eigenvalue weighted by molar-refractivity contribution is 5.80. The van der Waals surface area contributed by atoms with E-state index in [9.17, 15) is 89.7 Å². The van der Waals surface area contributed by atoms with Gasteiger partial charge in [-0.25, -0.2) is 0 Å². The number of fused-ring (bicyclic) bond motifs is 2. The van der Waals surface area contributed by atoms with Gasteiger partial charge in [0.2, 0.25) is 35.4 Å². The van der Waals surface area contributed by atoms with Crippen LogP contribution >= 0.6 is 0 Å². The molecule has 3 aliphatic rings. The Hall–Kier alpha value is -6.53. The SMILES string of the molecule is C[C@H]1[C@H](O)[C@@H](C)/C=C/C=C/C=C/C=C/C=C/C=C/C=C/[C@H](O[C@@H]2O[C@H](C)[C@@H](O)[C@H](NC(=O)COCCOCCNC(=O)COCCOCCNC(=O)COCCOCCNC(=O)COCCOCCNC(=O)COCCOCCN)[C@@H]2O)C[C@@H]2O[C@](O)(C[C@@H](O)C[C@@H](O)[C@H](O)CC[C@@H](O)C[C@@H](O)CC(=O)O[C@@H]1C)C[C@H](O)[C@H]2C(=O)NCCO. The second-order valence-corrected chi connectivity index (χ2v) is 28.3. The maximum Gasteiger partial charge on any atom is 0.308 e. The molecular formula is C79H133N7O32. The summed E-state index contributed by atoms with van der Waals surface area (Å²) in [7, 11) is 0. The second-order valence-electron chi connectivity index (χ2n) is 28.3. The summed E-state index contributed by atoms with van der Waals surface area (Å²) >= 11 is 0. The smallest absolute Gasteiger partial charge is 0.308 e. The van der Waals surface area contributed by atoms with Crippen molar-refractivity contribution in [1.82, 2.24) is 31.9 Å². The molecule has 0 saturated carbocycles. The van der Waals surface area contributed by atoms with Crippen LogP contribution in [0.3, 0.4) is 0 Å². The highest BCUT2D eigenvalue weighted by Crippen LogP contribution is 2.38. The molecule has 0 aliphatic carbocycles. The van der Waals surface area contributed by atoms with E-state index in [1.54, 1.807) is 92.8 Å². The van der Waals surface area contributed by atoms with Crippen molar-refractivity contribution < 1.29 is 156 Å². The minimum atomic E-state index is -2.41.